The zero-order valence-corrected chi connectivity index (χ0v) is 15.3. The lowest BCUT2D eigenvalue weighted by atomic mass is 9.95. The lowest BCUT2D eigenvalue weighted by Crippen LogP contribution is -2.47. The second kappa shape index (κ2) is 7.31. The van der Waals surface area contributed by atoms with E-state index in [2.05, 4.69) is 11.9 Å². The normalized spacial score (nSPS) is 19.0. The van der Waals surface area contributed by atoms with Gasteiger partial charge in [0.2, 0.25) is 0 Å². The number of halogens is 1. The van der Waals surface area contributed by atoms with Crippen molar-refractivity contribution >= 4 is 11.9 Å². The third kappa shape index (κ3) is 3.17. The third-order valence-electron chi connectivity index (χ3n) is 5.03. The summed E-state index contributed by atoms with van der Waals surface area (Å²) >= 11 is 0. The van der Waals surface area contributed by atoms with E-state index in [1.165, 1.54) is 12.1 Å². The maximum Gasteiger partial charge on any atom is 0.322 e. The summed E-state index contributed by atoms with van der Waals surface area (Å²) in [5.74, 6) is -0.487. The number of benzene rings is 2. The van der Waals surface area contributed by atoms with E-state index in [9.17, 15) is 14.0 Å². The average molecular weight is 377 g/mol. The molecule has 0 spiro atoms. The summed E-state index contributed by atoms with van der Waals surface area (Å²) in [6.45, 7) is 4.83. The zero-order chi connectivity index (χ0) is 19.7. The fourth-order valence-electron chi connectivity index (χ4n) is 3.71. The van der Waals surface area contributed by atoms with Crippen molar-refractivity contribution in [3.05, 3.63) is 95.5 Å². The van der Waals surface area contributed by atoms with Gasteiger partial charge in [-0.3, -0.25) is 9.69 Å². The van der Waals surface area contributed by atoms with E-state index in [0.29, 0.717) is 36.5 Å². The van der Waals surface area contributed by atoms with Crippen LogP contribution in [0.1, 0.15) is 17.2 Å². The molecule has 0 fully saturated rings. The second-order valence-electron chi connectivity index (χ2n) is 6.84. The summed E-state index contributed by atoms with van der Waals surface area (Å²) in [5.41, 5.74) is 2.90. The molecule has 2 heterocycles. The van der Waals surface area contributed by atoms with Crippen LogP contribution in [0.2, 0.25) is 0 Å². The van der Waals surface area contributed by atoms with Crippen molar-refractivity contribution in [1.29, 1.82) is 0 Å². The highest BCUT2D eigenvalue weighted by Gasteiger charge is 2.43. The Morgan fingerprint density at radius 3 is 2.50 bits per heavy atom. The molecule has 2 aliphatic rings. The van der Waals surface area contributed by atoms with E-state index in [0.717, 1.165) is 5.56 Å². The average Bonchev–Trinajstić information content (AvgIpc) is 3.02. The number of hydrogen-bond donors (Lipinski definition) is 1. The number of carbonyl (C=O) groups excluding carboxylic acids is 2. The van der Waals surface area contributed by atoms with Gasteiger partial charge in [-0.2, -0.15) is 0 Å². The molecule has 1 N–H and O–H groups in total. The molecule has 3 amide bonds. The second-order valence-corrected chi connectivity index (χ2v) is 6.84. The Labute approximate surface area is 162 Å². The molecule has 6 heteroatoms. The molecule has 142 valence electrons. The van der Waals surface area contributed by atoms with E-state index in [1.54, 1.807) is 28.0 Å². The van der Waals surface area contributed by atoms with Gasteiger partial charge in [0.05, 0.1) is 23.9 Å². The van der Waals surface area contributed by atoms with Crippen LogP contribution in [0, 0.1) is 5.82 Å². The predicted molar refractivity (Wildman–Crippen MR) is 103 cm³/mol. The van der Waals surface area contributed by atoms with Gasteiger partial charge in [0.15, 0.2) is 0 Å². The van der Waals surface area contributed by atoms with Gasteiger partial charge >= 0.3 is 6.03 Å². The molecule has 5 nitrogen and oxygen atoms in total. The van der Waals surface area contributed by atoms with Crippen LogP contribution in [0.25, 0.3) is 0 Å². The lowest BCUT2D eigenvalue weighted by molar-refractivity contribution is -0.126. The Morgan fingerprint density at radius 1 is 1.11 bits per heavy atom. The molecule has 0 bridgehead atoms. The molecule has 2 aromatic carbocycles. The van der Waals surface area contributed by atoms with E-state index in [1.807, 2.05) is 30.3 Å². The lowest BCUT2D eigenvalue weighted by Gasteiger charge is -2.33. The quantitative estimate of drug-likeness (QED) is 0.813. The minimum absolute atomic E-state index is 0.123. The van der Waals surface area contributed by atoms with Crippen molar-refractivity contribution in [2.45, 2.75) is 12.6 Å². The summed E-state index contributed by atoms with van der Waals surface area (Å²) in [6.07, 6.45) is 1.63. The first kappa shape index (κ1) is 18.0. The fourth-order valence-corrected chi connectivity index (χ4v) is 3.71. The monoisotopic (exact) mass is 377 g/mol. The highest BCUT2D eigenvalue weighted by molar-refractivity contribution is 6.01. The van der Waals surface area contributed by atoms with E-state index >= 15 is 0 Å². The van der Waals surface area contributed by atoms with Crippen molar-refractivity contribution in [1.82, 2.24) is 15.1 Å². The van der Waals surface area contributed by atoms with Gasteiger partial charge in [0, 0.05) is 13.1 Å². The molecule has 2 aliphatic heterocycles. The molecular formula is C22H20FN3O2. The van der Waals surface area contributed by atoms with Crippen LogP contribution in [-0.4, -0.2) is 34.8 Å². The number of nitrogens with zero attached hydrogens (tertiary/aromatic N) is 2. The number of carbonyl (C=O) groups is 2. The topological polar surface area (TPSA) is 52.7 Å². The smallest absolute Gasteiger partial charge is 0.322 e. The Morgan fingerprint density at radius 2 is 1.82 bits per heavy atom. The molecule has 0 aromatic heterocycles. The Balaban J connectivity index is 1.70. The number of hydrogen-bond acceptors (Lipinski definition) is 2. The standard InChI is InChI=1S/C22H20FN3O2/c1-2-12-26-18-14-25(13-15-6-4-3-5-7-15)21(27)19(18)20(24-22(26)28)16-8-10-17(23)11-9-16/h2-11,20H,1,12-14H2,(H,24,28)/t20-/m0/s1. The Hall–Kier alpha value is -3.41. The minimum atomic E-state index is -0.600. The van der Waals surface area contributed by atoms with E-state index in [-0.39, 0.29) is 17.8 Å². The van der Waals surface area contributed by atoms with Gasteiger partial charge in [0.1, 0.15) is 5.82 Å². The van der Waals surface area contributed by atoms with E-state index < -0.39 is 6.04 Å². The van der Waals surface area contributed by atoms with Crippen LogP contribution in [-0.2, 0) is 11.3 Å². The van der Waals surface area contributed by atoms with Gasteiger partial charge < -0.3 is 10.2 Å². The van der Waals surface area contributed by atoms with Crippen LogP contribution < -0.4 is 5.32 Å². The summed E-state index contributed by atoms with van der Waals surface area (Å²) in [5, 5.41) is 2.88. The maximum absolute atomic E-state index is 13.3. The molecule has 0 saturated carbocycles. The van der Waals surface area contributed by atoms with Crippen LogP contribution in [0.5, 0.6) is 0 Å². The first-order valence-electron chi connectivity index (χ1n) is 9.09. The highest BCUT2D eigenvalue weighted by atomic mass is 19.1. The SMILES string of the molecule is C=CCN1C(=O)N[C@@H](c2ccc(F)cc2)C2=C1CN(Cc1ccccc1)C2=O. The third-order valence-corrected chi connectivity index (χ3v) is 5.03. The van der Waals surface area contributed by atoms with Crippen molar-refractivity contribution in [2.75, 3.05) is 13.1 Å². The molecule has 0 radical (unpaired) electrons. The fraction of sp³-hybridized carbons (Fsp3) is 0.182. The molecule has 2 aromatic rings. The van der Waals surface area contributed by atoms with Crippen molar-refractivity contribution in [3.63, 3.8) is 0 Å². The molecule has 1 atom stereocenters. The molecule has 4 rings (SSSR count). The van der Waals surface area contributed by atoms with Gasteiger partial charge in [-0.25, -0.2) is 9.18 Å². The summed E-state index contributed by atoms with van der Waals surface area (Å²) in [6, 6.07) is 14.7. The van der Waals surface area contributed by atoms with Gasteiger partial charge in [-0.05, 0) is 23.3 Å². The number of nitrogens with one attached hydrogen (secondary N) is 1. The van der Waals surface area contributed by atoms with Crippen LogP contribution >= 0.6 is 0 Å². The number of urea groups is 1. The Kier molecular flexibility index (Phi) is 4.69. The van der Waals surface area contributed by atoms with Gasteiger partial charge in [-0.1, -0.05) is 48.5 Å². The first-order valence-corrected chi connectivity index (χ1v) is 9.09. The van der Waals surface area contributed by atoms with Crippen molar-refractivity contribution in [3.8, 4) is 0 Å². The molecular weight excluding hydrogens is 357 g/mol. The largest absolute Gasteiger partial charge is 0.329 e. The molecule has 0 unspecified atom stereocenters. The Bertz CT molecular complexity index is 954. The molecule has 28 heavy (non-hydrogen) atoms. The predicted octanol–water partition coefficient (Wildman–Crippen LogP) is 3.37. The number of rotatable bonds is 5. The van der Waals surface area contributed by atoms with Crippen LogP contribution in [0.4, 0.5) is 9.18 Å². The summed E-state index contributed by atoms with van der Waals surface area (Å²) in [4.78, 5) is 29.2. The van der Waals surface area contributed by atoms with Gasteiger partial charge in [0.25, 0.3) is 5.91 Å². The van der Waals surface area contributed by atoms with E-state index in [4.69, 9.17) is 0 Å². The highest BCUT2D eigenvalue weighted by Crippen LogP contribution is 2.36. The number of amides is 3. The van der Waals surface area contributed by atoms with Crippen LogP contribution in [0.15, 0.2) is 78.5 Å². The maximum atomic E-state index is 13.3. The zero-order valence-electron chi connectivity index (χ0n) is 15.3. The first-order chi connectivity index (χ1) is 13.6. The minimum Gasteiger partial charge on any atom is -0.329 e. The van der Waals surface area contributed by atoms with Crippen molar-refractivity contribution in [2.24, 2.45) is 0 Å². The molecule has 0 saturated heterocycles. The van der Waals surface area contributed by atoms with Gasteiger partial charge in [-0.15, -0.1) is 6.58 Å². The van der Waals surface area contributed by atoms with Crippen molar-refractivity contribution < 1.29 is 14.0 Å². The summed E-state index contributed by atoms with van der Waals surface area (Å²) in [7, 11) is 0. The summed E-state index contributed by atoms with van der Waals surface area (Å²) < 4.78 is 13.3. The van der Waals surface area contributed by atoms with Crippen LogP contribution in [0.3, 0.4) is 0 Å². The molecule has 0 aliphatic carbocycles.